The summed E-state index contributed by atoms with van der Waals surface area (Å²) in [5.41, 5.74) is 1.09. The Morgan fingerprint density at radius 3 is 2.47 bits per heavy atom. The molecule has 0 aliphatic carbocycles. The molecule has 0 amide bonds. The van der Waals surface area contributed by atoms with Crippen molar-refractivity contribution < 1.29 is 4.79 Å². The van der Waals surface area contributed by atoms with Crippen LogP contribution in [0.2, 0.25) is 0 Å². The number of rotatable bonds is 4. The van der Waals surface area contributed by atoms with Gasteiger partial charge in [0.25, 0.3) is 0 Å². The Labute approximate surface area is 90.9 Å². The van der Waals surface area contributed by atoms with Crippen LogP contribution in [0.3, 0.4) is 0 Å². The highest BCUT2D eigenvalue weighted by Crippen LogP contribution is 2.17. The van der Waals surface area contributed by atoms with Crippen molar-refractivity contribution in [3.8, 4) is 0 Å². The molecule has 1 aromatic rings. The number of aromatic nitrogens is 1. The molecule has 1 heterocycles. The molecule has 3 nitrogen and oxygen atoms in total. The van der Waals surface area contributed by atoms with E-state index >= 15 is 0 Å². The lowest BCUT2D eigenvalue weighted by Crippen LogP contribution is -2.41. The van der Waals surface area contributed by atoms with E-state index in [1.54, 1.807) is 12.4 Å². The Hall–Kier alpha value is -1.22. The highest BCUT2D eigenvalue weighted by Gasteiger charge is 2.23. The number of hydrogen-bond acceptors (Lipinski definition) is 3. The molecule has 0 aliphatic heterocycles. The molecular formula is C12H18N2O. The predicted molar refractivity (Wildman–Crippen MR) is 60.4 cm³/mol. The van der Waals surface area contributed by atoms with Crippen molar-refractivity contribution in [2.45, 2.75) is 33.4 Å². The predicted octanol–water partition coefficient (Wildman–Crippen LogP) is 1.78. The third-order valence-corrected chi connectivity index (χ3v) is 2.34. The fourth-order valence-electron chi connectivity index (χ4n) is 1.29. The maximum Gasteiger partial charge on any atom is 0.137 e. The molecule has 1 atom stereocenters. The molecule has 0 bridgehead atoms. The summed E-state index contributed by atoms with van der Waals surface area (Å²) in [6.45, 7) is 6.84. The second-order valence-electron chi connectivity index (χ2n) is 4.72. The van der Waals surface area contributed by atoms with Gasteiger partial charge in [0.2, 0.25) is 0 Å². The molecule has 0 aliphatic rings. The third-order valence-electron chi connectivity index (χ3n) is 2.34. The lowest BCUT2D eigenvalue weighted by atomic mass is 9.87. The Balaban J connectivity index is 2.52. The molecule has 0 unspecified atom stereocenters. The van der Waals surface area contributed by atoms with E-state index in [9.17, 15) is 4.79 Å². The van der Waals surface area contributed by atoms with Crippen LogP contribution in [0.5, 0.6) is 0 Å². The van der Waals surface area contributed by atoms with Gasteiger partial charge in [0.1, 0.15) is 6.29 Å². The van der Waals surface area contributed by atoms with E-state index in [1.165, 1.54) is 0 Å². The van der Waals surface area contributed by atoms with Crippen molar-refractivity contribution in [2.24, 2.45) is 5.41 Å². The summed E-state index contributed by atoms with van der Waals surface area (Å²) in [4.78, 5) is 14.8. The Bertz CT molecular complexity index is 303. The largest absolute Gasteiger partial charge is 0.303 e. The molecule has 0 spiro atoms. The summed E-state index contributed by atoms with van der Waals surface area (Å²) in [6, 6.07) is 3.76. The van der Waals surface area contributed by atoms with Crippen LogP contribution in [0.4, 0.5) is 0 Å². The molecule has 0 aromatic carbocycles. The molecule has 0 fully saturated rings. The van der Waals surface area contributed by atoms with E-state index in [2.05, 4.69) is 10.3 Å². The van der Waals surface area contributed by atoms with Gasteiger partial charge in [-0.15, -0.1) is 0 Å². The quantitative estimate of drug-likeness (QED) is 0.764. The number of carbonyl (C=O) groups is 1. The summed E-state index contributed by atoms with van der Waals surface area (Å²) in [5.74, 6) is 0. The summed E-state index contributed by atoms with van der Waals surface area (Å²) in [5, 5.41) is 3.23. The van der Waals surface area contributed by atoms with E-state index < -0.39 is 0 Å². The van der Waals surface area contributed by atoms with Gasteiger partial charge >= 0.3 is 0 Å². The fourth-order valence-corrected chi connectivity index (χ4v) is 1.29. The first-order valence-electron chi connectivity index (χ1n) is 5.11. The van der Waals surface area contributed by atoms with E-state index in [-0.39, 0.29) is 11.5 Å². The molecule has 0 radical (unpaired) electrons. The first kappa shape index (κ1) is 11.9. The van der Waals surface area contributed by atoms with Crippen LogP contribution in [0.25, 0.3) is 0 Å². The molecule has 0 saturated carbocycles. The number of pyridine rings is 1. The second-order valence-corrected chi connectivity index (χ2v) is 4.72. The van der Waals surface area contributed by atoms with Gasteiger partial charge in [-0.25, -0.2) is 0 Å². The van der Waals surface area contributed by atoms with Gasteiger partial charge in [-0.2, -0.15) is 0 Å². The summed E-state index contributed by atoms with van der Waals surface area (Å²) < 4.78 is 0. The lowest BCUT2D eigenvalue weighted by Gasteiger charge is -2.26. The smallest absolute Gasteiger partial charge is 0.137 e. The molecule has 1 rings (SSSR count). The van der Waals surface area contributed by atoms with Crippen molar-refractivity contribution in [1.82, 2.24) is 10.3 Å². The van der Waals surface area contributed by atoms with Gasteiger partial charge in [-0.1, -0.05) is 20.8 Å². The normalized spacial score (nSPS) is 13.5. The minimum atomic E-state index is -0.120. The zero-order valence-corrected chi connectivity index (χ0v) is 9.53. The number of nitrogens with one attached hydrogen (secondary N) is 1. The molecule has 82 valence electrons. The molecule has 1 N–H and O–H groups in total. The average molecular weight is 206 g/mol. The van der Waals surface area contributed by atoms with Crippen LogP contribution in [0.1, 0.15) is 26.3 Å². The van der Waals surface area contributed by atoms with Gasteiger partial charge < -0.3 is 10.1 Å². The summed E-state index contributed by atoms with van der Waals surface area (Å²) >= 11 is 0. The minimum Gasteiger partial charge on any atom is -0.303 e. The average Bonchev–Trinajstić information content (AvgIpc) is 2.18. The Kier molecular flexibility index (Phi) is 3.97. The molecular weight excluding hydrogens is 188 g/mol. The zero-order valence-electron chi connectivity index (χ0n) is 9.53. The van der Waals surface area contributed by atoms with Gasteiger partial charge in [0.05, 0.1) is 6.04 Å². The van der Waals surface area contributed by atoms with Crippen LogP contribution in [-0.2, 0) is 11.3 Å². The van der Waals surface area contributed by atoms with Crippen molar-refractivity contribution in [2.75, 3.05) is 0 Å². The van der Waals surface area contributed by atoms with Gasteiger partial charge in [-0.05, 0) is 23.1 Å². The Morgan fingerprint density at radius 2 is 2.00 bits per heavy atom. The van der Waals surface area contributed by atoms with E-state index in [4.69, 9.17) is 0 Å². The van der Waals surface area contributed by atoms with Crippen LogP contribution in [0.15, 0.2) is 24.5 Å². The van der Waals surface area contributed by atoms with Gasteiger partial charge in [-0.3, -0.25) is 4.98 Å². The maximum atomic E-state index is 10.9. The van der Waals surface area contributed by atoms with Crippen molar-refractivity contribution in [3.05, 3.63) is 30.1 Å². The summed E-state index contributed by atoms with van der Waals surface area (Å²) in [7, 11) is 0. The topological polar surface area (TPSA) is 42.0 Å². The highest BCUT2D eigenvalue weighted by atomic mass is 16.1. The van der Waals surface area contributed by atoms with Crippen molar-refractivity contribution >= 4 is 6.29 Å². The van der Waals surface area contributed by atoms with E-state index in [0.717, 1.165) is 11.8 Å². The minimum absolute atomic E-state index is 0.0468. The fraction of sp³-hybridized carbons (Fsp3) is 0.500. The monoisotopic (exact) mass is 206 g/mol. The number of aldehydes is 1. The Morgan fingerprint density at radius 1 is 1.40 bits per heavy atom. The van der Waals surface area contributed by atoms with Crippen LogP contribution in [0, 0.1) is 5.41 Å². The SMILES string of the molecule is CC(C)(C)[C@@H](C=O)NCc1ccncc1. The molecule has 15 heavy (non-hydrogen) atoms. The highest BCUT2D eigenvalue weighted by molar-refractivity contribution is 5.58. The first-order chi connectivity index (χ1) is 7.04. The molecule has 3 heteroatoms. The number of hydrogen-bond donors (Lipinski definition) is 1. The third kappa shape index (κ3) is 3.80. The zero-order chi connectivity index (χ0) is 11.3. The van der Waals surface area contributed by atoms with E-state index in [0.29, 0.717) is 6.54 Å². The van der Waals surface area contributed by atoms with Gasteiger partial charge in [0.15, 0.2) is 0 Å². The lowest BCUT2D eigenvalue weighted by molar-refractivity contribution is -0.111. The van der Waals surface area contributed by atoms with Crippen molar-refractivity contribution in [3.63, 3.8) is 0 Å². The van der Waals surface area contributed by atoms with E-state index in [1.807, 2.05) is 32.9 Å². The summed E-state index contributed by atoms with van der Waals surface area (Å²) in [6.07, 6.45) is 4.48. The number of nitrogens with zero attached hydrogens (tertiary/aromatic N) is 1. The standard InChI is InChI=1S/C12H18N2O/c1-12(2,3)11(9-15)14-8-10-4-6-13-7-5-10/h4-7,9,11,14H,8H2,1-3H3/t11-/m1/s1. The number of carbonyl (C=O) groups excluding carboxylic acids is 1. The van der Waals surface area contributed by atoms with Crippen molar-refractivity contribution in [1.29, 1.82) is 0 Å². The van der Waals surface area contributed by atoms with Crippen LogP contribution in [-0.4, -0.2) is 17.3 Å². The second kappa shape index (κ2) is 5.03. The van der Waals surface area contributed by atoms with Gasteiger partial charge in [0, 0.05) is 18.9 Å². The first-order valence-corrected chi connectivity index (χ1v) is 5.11. The maximum absolute atomic E-state index is 10.9. The molecule has 1 aromatic heterocycles. The molecule has 0 saturated heterocycles. The van der Waals surface area contributed by atoms with Crippen LogP contribution >= 0.6 is 0 Å². The van der Waals surface area contributed by atoms with Crippen LogP contribution < -0.4 is 5.32 Å².